The zero-order valence-corrected chi connectivity index (χ0v) is 10.1. The van der Waals surface area contributed by atoms with Gasteiger partial charge in [0, 0.05) is 5.56 Å². The number of primary amides is 1. The van der Waals surface area contributed by atoms with Gasteiger partial charge in [-0.05, 0) is 24.3 Å². The smallest absolute Gasteiger partial charge is 0.249 e. The molecule has 18 heavy (non-hydrogen) atoms. The predicted molar refractivity (Wildman–Crippen MR) is 65.8 cm³/mol. The van der Waals surface area contributed by atoms with Crippen LogP contribution in [0.5, 0.6) is 11.5 Å². The van der Waals surface area contributed by atoms with Crippen LogP contribution in [0.15, 0.2) is 34.9 Å². The van der Waals surface area contributed by atoms with E-state index in [-0.39, 0.29) is 0 Å². The standard InChI is InChI=1S/C13H13NO4/c1-16-11-6-8(10-4-3-5-18-10)9(13(14)15)7-12(11)17-2/h3-7H,1-2H3,(H2,14,15). The van der Waals surface area contributed by atoms with Gasteiger partial charge in [0.05, 0.1) is 26.0 Å². The number of ether oxygens (including phenoxy) is 2. The first-order chi connectivity index (χ1) is 8.67. The monoisotopic (exact) mass is 247 g/mol. The van der Waals surface area contributed by atoms with Crippen LogP contribution in [0.3, 0.4) is 0 Å². The molecule has 0 spiro atoms. The summed E-state index contributed by atoms with van der Waals surface area (Å²) in [4.78, 5) is 11.5. The van der Waals surface area contributed by atoms with Gasteiger partial charge >= 0.3 is 0 Å². The van der Waals surface area contributed by atoms with E-state index >= 15 is 0 Å². The molecule has 2 aromatic rings. The average Bonchev–Trinajstić information content (AvgIpc) is 2.90. The van der Waals surface area contributed by atoms with Crippen molar-refractivity contribution in [2.24, 2.45) is 5.73 Å². The van der Waals surface area contributed by atoms with E-state index in [0.717, 1.165) is 0 Å². The van der Waals surface area contributed by atoms with E-state index < -0.39 is 5.91 Å². The lowest BCUT2D eigenvalue weighted by Gasteiger charge is -2.11. The Hall–Kier alpha value is -2.43. The van der Waals surface area contributed by atoms with Gasteiger partial charge in [-0.3, -0.25) is 4.79 Å². The van der Waals surface area contributed by atoms with Gasteiger partial charge in [-0.1, -0.05) is 0 Å². The Morgan fingerprint density at radius 3 is 2.39 bits per heavy atom. The first kappa shape index (κ1) is 12.0. The summed E-state index contributed by atoms with van der Waals surface area (Å²) in [5, 5.41) is 0. The number of rotatable bonds is 4. The van der Waals surface area contributed by atoms with Gasteiger partial charge < -0.3 is 19.6 Å². The lowest BCUT2D eigenvalue weighted by molar-refractivity contribution is 0.100. The molecule has 0 aliphatic carbocycles. The van der Waals surface area contributed by atoms with E-state index in [1.54, 1.807) is 24.3 Å². The number of carbonyl (C=O) groups is 1. The molecular weight excluding hydrogens is 234 g/mol. The van der Waals surface area contributed by atoms with Crippen molar-refractivity contribution in [1.82, 2.24) is 0 Å². The Morgan fingerprint density at radius 1 is 1.22 bits per heavy atom. The predicted octanol–water partition coefficient (Wildman–Crippen LogP) is 2.06. The molecule has 0 fully saturated rings. The van der Waals surface area contributed by atoms with Crippen LogP contribution in [0.4, 0.5) is 0 Å². The maximum Gasteiger partial charge on any atom is 0.249 e. The molecule has 0 aliphatic rings. The largest absolute Gasteiger partial charge is 0.493 e. The molecule has 0 atom stereocenters. The Bertz CT molecular complexity index is 561. The number of hydrogen-bond donors (Lipinski definition) is 1. The van der Waals surface area contributed by atoms with Crippen molar-refractivity contribution in [2.45, 2.75) is 0 Å². The van der Waals surface area contributed by atoms with Crippen molar-refractivity contribution in [1.29, 1.82) is 0 Å². The number of benzene rings is 1. The van der Waals surface area contributed by atoms with Crippen LogP contribution >= 0.6 is 0 Å². The van der Waals surface area contributed by atoms with E-state index in [0.29, 0.717) is 28.4 Å². The Balaban J connectivity index is 2.66. The van der Waals surface area contributed by atoms with Crippen molar-refractivity contribution in [3.63, 3.8) is 0 Å². The Labute approximate surface area is 104 Å². The van der Waals surface area contributed by atoms with Gasteiger partial charge in [0.2, 0.25) is 5.91 Å². The lowest BCUT2D eigenvalue weighted by atomic mass is 10.0. The van der Waals surface area contributed by atoms with Crippen LogP contribution in [-0.2, 0) is 0 Å². The summed E-state index contributed by atoms with van der Waals surface area (Å²) in [6.07, 6.45) is 1.52. The van der Waals surface area contributed by atoms with Crippen molar-refractivity contribution >= 4 is 5.91 Å². The van der Waals surface area contributed by atoms with Crippen LogP contribution in [0, 0.1) is 0 Å². The highest BCUT2D eigenvalue weighted by molar-refractivity contribution is 6.00. The molecule has 2 N–H and O–H groups in total. The molecule has 0 saturated heterocycles. The zero-order valence-electron chi connectivity index (χ0n) is 10.1. The van der Waals surface area contributed by atoms with Gasteiger partial charge in [-0.25, -0.2) is 0 Å². The van der Waals surface area contributed by atoms with Gasteiger partial charge in [0.1, 0.15) is 5.76 Å². The fourth-order valence-corrected chi connectivity index (χ4v) is 1.72. The normalized spacial score (nSPS) is 10.1. The number of furan rings is 1. The number of methoxy groups -OCH3 is 2. The molecular formula is C13H13NO4. The Morgan fingerprint density at radius 2 is 1.89 bits per heavy atom. The molecule has 0 radical (unpaired) electrons. The van der Waals surface area contributed by atoms with Crippen LogP contribution in [0.1, 0.15) is 10.4 Å². The summed E-state index contributed by atoms with van der Waals surface area (Å²) < 4.78 is 15.6. The van der Waals surface area contributed by atoms with Crippen LogP contribution < -0.4 is 15.2 Å². The number of hydrogen-bond acceptors (Lipinski definition) is 4. The number of carbonyl (C=O) groups excluding carboxylic acids is 1. The molecule has 0 unspecified atom stereocenters. The molecule has 1 amide bonds. The average molecular weight is 247 g/mol. The summed E-state index contributed by atoms with van der Waals surface area (Å²) in [6.45, 7) is 0. The third-order valence-corrected chi connectivity index (χ3v) is 2.58. The quantitative estimate of drug-likeness (QED) is 0.897. The van der Waals surface area contributed by atoms with Crippen molar-refractivity contribution in [3.05, 3.63) is 36.1 Å². The summed E-state index contributed by atoms with van der Waals surface area (Å²) in [7, 11) is 3.02. The minimum atomic E-state index is -0.553. The summed E-state index contributed by atoms with van der Waals surface area (Å²) in [6, 6.07) is 6.68. The van der Waals surface area contributed by atoms with E-state index in [2.05, 4.69) is 0 Å². The van der Waals surface area contributed by atoms with E-state index in [1.165, 1.54) is 20.5 Å². The van der Waals surface area contributed by atoms with Gasteiger partial charge in [0.15, 0.2) is 11.5 Å². The maximum atomic E-state index is 11.5. The van der Waals surface area contributed by atoms with Crippen LogP contribution in [-0.4, -0.2) is 20.1 Å². The molecule has 1 aromatic heterocycles. The third-order valence-electron chi connectivity index (χ3n) is 2.58. The van der Waals surface area contributed by atoms with Crippen molar-refractivity contribution in [2.75, 3.05) is 14.2 Å². The maximum absolute atomic E-state index is 11.5. The highest BCUT2D eigenvalue weighted by Crippen LogP contribution is 2.35. The van der Waals surface area contributed by atoms with Gasteiger partial charge in [0.25, 0.3) is 0 Å². The lowest BCUT2D eigenvalue weighted by Crippen LogP contribution is -2.12. The van der Waals surface area contributed by atoms with Crippen molar-refractivity contribution < 1.29 is 18.7 Å². The highest BCUT2D eigenvalue weighted by Gasteiger charge is 2.17. The molecule has 0 bridgehead atoms. The first-order valence-electron chi connectivity index (χ1n) is 5.27. The molecule has 0 saturated carbocycles. The molecule has 5 heteroatoms. The van der Waals surface area contributed by atoms with E-state index in [4.69, 9.17) is 19.6 Å². The summed E-state index contributed by atoms with van der Waals surface area (Å²) >= 11 is 0. The number of amides is 1. The second-order valence-corrected chi connectivity index (χ2v) is 3.59. The fourth-order valence-electron chi connectivity index (χ4n) is 1.72. The Kier molecular flexibility index (Phi) is 3.23. The molecule has 94 valence electrons. The topological polar surface area (TPSA) is 74.7 Å². The van der Waals surface area contributed by atoms with Gasteiger partial charge in [-0.15, -0.1) is 0 Å². The summed E-state index contributed by atoms with van der Waals surface area (Å²) in [5.74, 6) is 0.947. The minimum absolute atomic E-state index is 0.322. The molecule has 1 heterocycles. The third kappa shape index (κ3) is 2.02. The van der Waals surface area contributed by atoms with Crippen molar-refractivity contribution in [3.8, 4) is 22.8 Å². The molecule has 5 nitrogen and oxygen atoms in total. The highest BCUT2D eigenvalue weighted by atomic mass is 16.5. The minimum Gasteiger partial charge on any atom is -0.493 e. The zero-order chi connectivity index (χ0) is 13.1. The first-order valence-corrected chi connectivity index (χ1v) is 5.27. The van der Waals surface area contributed by atoms with Crippen LogP contribution in [0.2, 0.25) is 0 Å². The fraction of sp³-hybridized carbons (Fsp3) is 0.154. The van der Waals surface area contributed by atoms with Gasteiger partial charge in [-0.2, -0.15) is 0 Å². The van der Waals surface area contributed by atoms with Crippen LogP contribution in [0.25, 0.3) is 11.3 Å². The SMILES string of the molecule is COc1cc(C(N)=O)c(-c2ccco2)cc1OC. The number of nitrogens with two attached hydrogens (primary N) is 1. The molecule has 1 aromatic carbocycles. The van der Waals surface area contributed by atoms with E-state index in [1.807, 2.05) is 0 Å². The molecule has 2 rings (SSSR count). The second-order valence-electron chi connectivity index (χ2n) is 3.59. The summed E-state index contributed by atoms with van der Waals surface area (Å²) in [5.41, 5.74) is 6.25. The van der Waals surface area contributed by atoms with E-state index in [9.17, 15) is 4.79 Å². The second kappa shape index (κ2) is 4.83. The molecule has 0 aliphatic heterocycles.